The van der Waals surface area contributed by atoms with Crippen molar-refractivity contribution in [2.75, 3.05) is 13.1 Å². The molecular formula is C12H23N3S. The van der Waals surface area contributed by atoms with Crippen LogP contribution in [0.2, 0.25) is 0 Å². The number of rotatable bonds is 7. The van der Waals surface area contributed by atoms with Crippen LogP contribution in [-0.4, -0.2) is 18.1 Å². The van der Waals surface area contributed by atoms with Gasteiger partial charge in [-0.05, 0) is 45.7 Å². The van der Waals surface area contributed by atoms with Gasteiger partial charge in [0.15, 0.2) is 0 Å². The fraction of sp³-hybridized carbons (Fsp3) is 0.750. The largest absolute Gasteiger partial charge is 0.330 e. The predicted molar refractivity (Wildman–Crippen MR) is 70.6 cm³/mol. The van der Waals surface area contributed by atoms with E-state index in [1.807, 2.05) is 11.6 Å². The van der Waals surface area contributed by atoms with Crippen LogP contribution in [0.5, 0.6) is 0 Å². The Labute approximate surface area is 102 Å². The van der Waals surface area contributed by atoms with Crippen LogP contribution in [0.3, 0.4) is 0 Å². The summed E-state index contributed by atoms with van der Waals surface area (Å²) in [5, 5.41) is 6.72. The van der Waals surface area contributed by atoms with Gasteiger partial charge in [-0.2, -0.15) is 0 Å². The molecule has 3 N–H and O–H groups in total. The minimum atomic E-state index is -0.0138. The molecule has 1 aromatic rings. The molecule has 0 saturated heterocycles. The van der Waals surface area contributed by atoms with Gasteiger partial charge in [0.25, 0.3) is 0 Å². The fourth-order valence-corrected chi connectivity index (χ4v) is 2.32. The van der Waals surface area contributed by atoms with Crippen LogP contribution in [0.1, 0.15) is 38.6 Å². The molecule has 1 atom stereocenters. The minimum Gasteiger partial charge on any atom is -0.330 e. The zero-order valence-electron chi connectivity index (χ0n) is 10.5. The van der Waals surface area contributed by atoms with Gasteiger partial charge in [0, 0.05) is 11.6 Å². The van der Waals surface area contributed by atoms with E-state index in [4.69, 9.17) is 5.73 Å². The molecule has 0 radical (unpaired) electrons. The Balaban J connectivity index is 2.27. The first-order chi connectivity index (χ1) is 7.56. The summed E-state index contributed by atoms with van der Waals surface area (Å²) in [5.74, 6) is 0.629. The normalized spacial score (nSPS) is 14.0. The van der Waals surface area contributed by atoms with Crippen LogP contribution in [0.25, 0.3) is 0 Å². The van der Waals surface area contributed by atoms with E-state index in [0.717, 1.165) is 18.1 Å². The number of thiazole rings is 1. The summed E-state index contributed by atoms with van der Waals surface area (Å²) in [7, 11) is 0. The van der Waals surface area contributed by atoms with Gasteiger partial charge in [-0.1, -0.05) is 6.92 Å². The molecule has 4 heteroatoms. The molecule has 3 nitrogen and oxygen atoms in total. The molecule has 16 heavy (non-hydrogen) atoms. The predicted octanol–water partition coefficient (Wildman–Crippen LogP) is 2.34. The molecule has 1 aromatic heterocycles. The summed E-state index contributed by atoms with van der Waals surface area (Å²) < 4.78 is 0. The fourth-order valence-electron chi connectivity index (χ4n) is 1.58. The molecular weight excluding hydrogens is 218 g/mol. The van der Waals surface area contributed by atoms with Gasteiger partial charge in [0.2, 0.25) is 0 Å². The van der Waals surface area contributed by atoms with Crippen molar-refractivity contribution >= 4 is 11.3 Å². The van der Waals surface area contributed by atoms with E-state index < -0.39 is 0 Å². The third kappa shape index (κ3) is 4.20. The number of nitrogens with two attached hydrogens (primary N) is 1. The SMILES string of the molecule is CC(CN)CCCNC(C)(C)c1nccs1. The van der Waals surface area contributed by atoms with Crippen LogP contribution >= 0.6 is 11.3 Å². The highest BCUT2D eigenvalue weighted by atomic mass is 32.1. The number of nitrogens with one attached hydrogen (secondary N) is 1. The van der Waals surface area contributed by atoms with Gasteiger partial charge >= 0.3 is 0 Å². The molecule has 1 heterocycles. The highest BCUT2D eigenvalue weighted by Crippen LogP contribution is 2.21. The zero-order valence-corrected chi connectivity index (χ0v) is 11.3. The van der Waals surface area contributed by atoms with Crippen molar-refractivity contribution in [3.8, 4) is 0 Å². The third-order valence-electron chi connectivity index (χ3n) is 2.81. The number of aromatic nitrogens is 1. The highest BCUT2D eigenvalue weighted by molar-refractivity contribution is 7.09. The smallest absolute Gasteiger partial charge is 0.112 e. The molecule has 0 aliphatic carbocycles. The molecule has 0 aliphatic heterocycles. The number of hydrogen-bond donors (Lipinski definition) is 2. The third-order valence-corrected chi connectivity index (χ3v) is 3.91. The Morgan fingerprint density at radius 2 is 2.31 bits per heavy atom. The lowest BCUT2D eigenvalue weighted by Crippen LogP contribution is -2.37. The summed E-state index contributed by atoms with van der Waals surface area (Å²) in [6.07, 6.45) is 4.23. The quantitative estimate of drug-likeness (QED) is 0.720. The van der Waals surface area contributed by atoms with Gasteiger partial charge < -0.3 is 11.1 Å². The van der Waals surface area contributed by atoms with Gasteiger partial charge in [-0.25, -0.2) is 4.98 Å². The van der Waals surface area contributed by atoms with Gasteiger partial charge in [0.1, 0.15) is 5.01 Å². The van der Waals surface area contributed by atoms with Gasteiger partial charge in [-0.15, -0.1) is 11.3 Å². The summed E-state index contributed by atoms with van der Waals surface area (Å²) in [6, 6.07) is 0. The Morgan fingerprint density at radius 3 is 2.88 bits per heavy atom. The average Bonchev–Trinajstić information content (AvgIpc) is 2.78. The second kappa shape index (κ2) is 6.33. The van der Waals surface area contributed by atoms with Crippen LogP contribution in [0.4, 0.5) is 0 Å². The number of hydrogen-bond acceptors (Lipinski definition) is 4. The molecule has 0 bridgehead atoms. The van der Waals surface area contributed by atoms with E-state index in [0.29, 0.717) is 5.92 Å². The summed E-state index contributed by atoms with van der Waals surface area (Å²) in [5.41, 5.74) is 5.57. The van der Waals surface area contributed by atoms with Crippen LogP contribution in [-0.2, 0) is 5.54 Å². The Kier molecular flexibility index (Phi) is 5.38. The van der Waals surface area contributed by atoms with Gasteiger partial charge in [0.05, 0.1) is 5.54 Å². The molecule has 0 fully saturated rings. The van der Waals surface area contributed by atoms with E-state index in [1.165, 1.54) is 12.8 Å². The maximum atomic E-state index is 5.59. The topological polar surface area (TPSA) is 50.9 Å². The van der Waals surface area contributed by atoms with Crippen LogP contribution < -0.4 is 11.1 Å². The van der Waals surface area contributed by atoms with Crippen molar-refractivity contribution in [1.29, 1.82) is 0 Å². The van der Waals surface area contributed by atoms with Crippen molar-refractivity contribution < 1.29 is 0 Å². The average molecular weight is 241 g/mol. The van der Waals surface area contributed by atoms with E-state index in [9.17, 15) is 0 Å². The van der Waals surface area contributed by atoms with E-state index in [1.54, 1.807) is 11.3 Å². The van der Waals surface area contributed by atoms with Crippen LogP contribution in [0, 0.1) is 5.92 Å². The molecule has 92 valence electrons. The maximum absolute atomic E-state index is 5.59. The Bertz CT molecular complexity index is 282. The number of nitrogens with zero attached hydrogens (tertiary/aromatic N) is 1. The molecule has 0 saturated carbocycles. The van der Waals surface area contributed by atoms with E-state index in [-0.39, 0.29) is 5.54 Å². The highest BCUT2D eigenvalue weighted by Gasteiger charge is 2.21. The van der Waals surface area contributed by atoms with E-state index in [2.05, 4.69) is 31.1 Å². The second-order valence-corrected chi connectivity index (χ2v) is 5.77. The van der Waals surface area contributed by atoms with Crippen molar-refractivity contribution in [3.63, 3.8) is 0 Å². The summed E-state index contributed by atoms with van der Waals surface area (Å²) >= 11 is 1.71. The first-order valence-electron chi connectivity index (χ1n) is 5.91. The Morgan fingerprint density at radius 1 is 1.56 bits per heavy atom. The lowest BCUT2D eigenvalue weighted by atomic mass is 10.0. The zero-order chi connectivity index (χ0) is 12.0. The van der Waals surface area contributed by atoms with Crippen molar-refractivity contribution in [2.45, 2.75) is 39.2 Å². The lowest BCUT2D eigenvalue weighted by Gasteiger charge is -2.24. The first-order valence-corrected chi connectivity index (χ1v) is 6.79. The molecule has 0 amide bonds. The lowest BCUT2D eigenvalue weighted by molar-refractivity contribution is 0.384. The maximum Gasteiger partial charge on any atom is 0.112 e. The van der Waals surface area contributed by atoms with Gasteiger partial charge in [-0.3, -0.25) is 0 Å². The van der Waals surface area contributed by atoms with Crippen molar-refractivity contribution in [1.82, 2.24) is 10.3 Å². The summed E-state index contributed by atoms with van der Waals surface area (Å²) in [4.78, 5) is 4.35. The first kappa shape index (κ1) is 13.6. The molecule has 1 rings (SSSR count). The molecule has 0 aliphatic rings. The standard InChI is InChI=1S/C12H23N3S/c1-10(9-13)5-4-6-15-12(2,3)11-14-7-8-16-11/h7-8,10,15H,4-6,9,13H2,1-3H3. The molecule has 0 aromatic carbocycles. The molecule has 1 unspecified atom stereocenters. The Hall–Kier alpha value is -0.450. The van der Waals surface area contributed by atoms with Crippen molar-refractivity contribution in [2.24, 2.45) is 11.7 Å². The molecule has 0 spiro atoms. The monoisotopic (exact) mass is 241 g/mol. The van der Waals surface area contributed by atoms with E-state index >= 15 is 0 Å². The minimum absolute atomic E-state index is 0.0138. The second-order valence-electron chi connectivity index (χ2n) is 4.87. The van der Waals surface area contributed by atoms with Crippen molar-refractivity contribution in [3.05, 3.63) is 16.6 Å². The van der Waals surface area contributed by atoms with Crippen LogP contribution in [0.15, 0.2) is 11.6 Å². The summed E-state index contributed by atoms with van der Waals surface area (Å²) in [6.45, 7) is 8.37.